The molecule has 104 valence electrons. The molecule has 0 aliphatic carbocycles. The highest BCUT2D eigenvalue weighted by molar-refractivity contribution is 5.81. The van der Waals surface area contributed by atoms with Gasteiger partial charge in [-0.1, -0.05) is 6.07 Å². The number of carboxylic acid groups (broad SMARTS) is 1. The average Bonchev–Trinajstić information content (AvgIpc) is 2.87. The minimum Gasteiger partial charge on any atom is -0.480 e. The summed E-state index contributed by atoms with van der Waals surface area (Å²) in [5, 5.41) is 9.94. The Bertz CT molecular complexity index is 659. The number of fused-ring (bicyclic) bond motifs is 1. The van der Waals surface area contributed by atoms with Crippen molar-refractivity contribution >= 4 is 16.9 Å². The molecule has 0 amide bonds. The molecule has 20 heavy (non-hydrogen) atoms. The summed E-state index contributed by atoms with van der Waals surface area (Å²) in [6.45, 7) is 1.14. The molecule has 1 atom stereocenters. The number of benzene rings is 1. The number of halogens is 1. The van der Waals surface area contributed by atoms with Crippen molar-refractivity contribution < 1.29 is 14.3 Å². The second-order valence-corrected chi connectivity index (χ2v) is 5.11. The maximum atomic E-state index is 13.7. The highest BCUT2D eigenvalue weighted by Gasteiger charge is 2.30. The minimum absolute atomic E-state index is 0.313. The van der Waals surface area contributed by atoms with Gasteiger partial charge in [-0.05, 0) is 43.1 Å². The van der Waals surface area contributed by atoms with Crippen molar-refractivity contribution in [3.8, 4) is 0 Å². The number of aliphatic carboxylic acids is 1. The van der Waals surface area contributed by atoms with Crippen LogP contribution >= 0.6 is 0 Å². The Morgan fingerprint density at radius 2 is 2.35 bits per heavy atom. The monoisotopic (exact) mass is 274 g/mol. The van der Waals surface area contributed by atoms with E-state index in [0.717, 1.165) is 29.4 Å². The maximum Gasteiger partial charge on any atom is 0.320 e. The van der Waals surface area contributed by atoms with E-state index in [4.69, 9.17) is 0 Å². The highest BCUT2D eigenvalue weighted by atomic mass is 19.1. The van der Waals surface area contributed by atoms with Crippen molar-refractivity contribution in [3.63, 3.8) is 0 Å². The van der Waals surface area contributed by atoms with Gasteiger partial charge in [0.1, 0.15) is 11.9 Å². The van der Waals surface area contributed by atoms with E-state index < -0.39 is 12.0 Å². The lowest BCUT2D eigenvalue weighted by molar-refractivity contribution is -0.142. The quantitative estimate of drug-likeness (QED) is 0.934. The van der Waals surface area contributed by atoms with Crippen LogP contribution in [0.15, 0.2) is 30.5 Å². The number of nitrogens with zero attached hydrogens (tertiary/aromatic N) is 2. The molecule has 0 saturated carbocycles. The molecular formula is C15H15FN2O2. The SMILES string of the molecule is O=C(O)[C@@H]1CCCN1Cc1cc(F)cc2cccnc12. The molecule has 1 N–H and O–H groups in total. The number of pyridine rings is 1. The molecule has 2 heterocycles. The summed E-state index contributed by atoms with van der Waals surface area (Å²) in [4.78, 5) is 17.4. The number of likely N-dealkylation sites (tertiary alicyclic amines) is 1. The fraction of sp³-hybridized carbons (Fsp3) is 0.333. The average molecular weight is 274 g/mol. The molecule has 0 bridgehead atoms. The van der Waals surface area contributed by atoms with Crippen LogP contribution in [0.3, 0.4) is 0 Å². The predicted octanol–water partition coefficient (Wildman–Crippen LogP) is 2.42. The van der Waals surface area contributed by atoms with Crippen LogP contribution in [-0.4, -0.2) is 33.5 Å². The number of carboxylic acids is 1. The third-order valence-electron chi connectivity index (χ3n) is 3.77. The van der Waals surface area contributed by atoms with Gasteiger partial charge in [-0.3, -0.25) is 14.7 Å². The van der Waals surface area contributed by atoms with Crippen molar-refractivity contribution in [2.45, 2.75) is 25.4 Å². The first-order valence-electron chi connectivity index (χ1n) is 6.65. The van der Waals surface area contributed by atoms with Gasteiger partial charge in [0.05, 0.1) is 5.52 Å². The molecule has 1 saturated heterocycles. The zero-order chi connectivity index (χ0) is 14.1. The first-order chi connectivity index (χ1) is 9.65. The predicted molar refractivity (Wildman–Crippen MR) is 72.8 cm³/mol. The molecule has 3 rings (SSSR count). The van der Waals surface area contributed by atoms with E-state index in [1.165, 1.54) is 12.1 Å². The Balaban J connectivity index is 1.96. The van der Waals surface area contributed by atoms with Crippen molar-refractivity contribution in [2.24, 2.45) is 0 Å². The van der Waals surface area contributed by atoms with Crippen molar-refractivity contribution in [1.82, 2.24) is 9.88 Å². The van der Waals surface area contributed by atoms with Gasteiger partial charge in [-0.15, -0.1) is 0 Å². The van der Waals surface area contributed by atoms with Crippen LogP contribution in [-0.2, 0) is 11.3 Å². The summed E-state index contributed by atoms with van der Waals surface area (Å²) >= 11 is 0. The molecule has 1 aromatic heterocycles. The van der Waals surface area contributed by atoms with Crippen LogP contribution in [0.25, 0.3) is 10.9 Å². The first kappa shape index (κ1) is 13.0. The zero-order valence-electron chi connectivity index (χ0n) is 10.9. The van der Waals surface area contributed by atoms with Gasteiger partial charge < -0.3 is 5.11 Å². The van der Waals surface area contributed by atoms with E-state index in [9.17, 15) is 14.3 Å². The summed E-state index contributed by atoms with van der Waals surface area (Å²) < 4.78 is 13.7. The topological polar surface area (TPSA) is 53.4 Å². The van der Waals surface area contributed by atoms with Gasteiger partial charge >= 0.3 is 5.97 Å². The Labute approximate surface area is 115 Å². The van der Waals surface area contributed by atoms with Crippen LogP contribution in [0.4, 0.5) is 4.39 Å². The van der Waals surface area contributed by atoms with E-state index in [2.05, 4.69) is 4.98 Å². The summed E-state index contributed by atoms with van der Waals surface area (Å²) in [7, 11) is 0. The van der Waals surface area contributed by atoms with E-state index >= 15 is 0 Å². The van der Waals surface area contributed by atoms with Gasteiger partial charge in [0.15, 0.2) is 0 Å². The van der Waals surface area contributed by atoms with Gasteiger partial charge in [-0.2, -0.15) is 0 Å². The highest BCUT2D eigenvalue weighted by Crippen LogP contribution is 2.24. The first-order valence-corrected chi connectivity index (χ1v) is 6.65. The largest absolute Gasteiger partial charge is 0.480 e. The number of hydrogen-bond acceptors (Lipinski definition) is 3. The summed E-state index contributed by atoms with van der Waals surface area (Å²) in [5.74, 6) is -1.12. The second kappa shape index (κ2) is 5.17. The molecule has 0 radical (unpaired) electrons. The number of hydrogen-bond donors (Lipinski definition) is 1. The fourth-order valence-electron chi connectivity index (χ4n) is 2.86. The van der Waals surface area contributed by atoms with Crippen molar-refractivity contribution in [2.75, 3.05) is 6.54 Å². The normalized spacial score (nSPS) is 19.6. The van der Waals surface area contributed by atoms with Crippen LogP contribution in [0, 0.1) is 5.82 Å². The van der Waals surface area contributed by atoms with Crippen LogP contribution in [0.1, 0.15) is 18.4 Å². The van der Waals surface area contributed by atoms with Crippen LogP contribution in [0.5, 0.6) is 0 Å². The lowest BCUT2D eigenvalue weighted by Gasteiger charge is -2.21. The summed E-state index contributed by atoms with van der Waals surface area (Å²) in [5.41, 5.74) is 1.48. The van der Waals surface area contributed by atoms with Crippen molar-refractivity contribution in [1.29, 1.82) is 0 Å². The summed E-state index contributed by atoms with van der Waals surface area (Å²) in [6, 6.07) is 6.00. The lowest BCUT2D eigenvalue weighted by Crippen LogP contribution is -2.35. The molecule has 2 aromatic rings. The number of carbonyl (C=O) groups is 1. The molecular weight excluding hydrogens is 259 g/mol. The number of aromatic nitrogens is 1. The molecule has 0 unspecified atom stereocenters. The van der Waals surface area contributed by atoms with Gasteiger partial charge in [0.25, 0.3) is 0 Å². The molecule has 1 aliphatic rings. The molecule has 1 aromatic carbocycles. The fourth-order valence-corrected chi connectivity index (χ4v) is 2.86. The van der Waals surface area contributed by atoms with E-state index in [0.29, 0.717) is 13.0 Å². The van der Waals surface area contributed by atoms with E-state index in [1.54, 1.807) is 12.3 Å². The van der Waals surface area contributed by atoms with Gasteiger partial charge in [0, 0.05) is 18.1 Å². The number of rotatable bonds is 3. The summed E-state index contributed by atoms with van der Waals surface area (Å²) in [6.07, 6.45) is 3.18. The Kier molecular flexibility index (Phi) is 3.36. The van der Waals surface area contributed by atoms with Crippen molar-refractivity contribution in [3.05, 3.63) is 41.8 Å². The third-order valence-corrected chi connectivity index (χ3v) is 3.77. The molecule has 1 fully saturated rings. The zero-order valence-corrected chi connectivity index (χ0v) is 10.9. The minimum atomic E-state index is -0.809. The standard InChI is InChI=1S/C15H15FN2O2/c16-12-7-10-3-1-5-17-14(10)11(8-12)9-18-6-2-4-13(18)15(19)20/h1,3,5,7-8,13H,2,4,6,9H2,(H,19,20)/t13-/m0/s1. The van der Waals surface area contributed by atoms with Gasteiger partial charge in [-0.25, -0.2) is 4.39 Å². The van der Waals surface area contributed by atoms with Crippen LogP contribution in [0.2, 0.25) is 0 Å². The maximum absolute atomic E-state index is 13.7. The van der Waals surface area contributed by atoms with E-state index in [1.807, 2.05) is 11.0 Å². The molecule has 0 spiro atoms. The smallest absolute Gasteiger partial charge is 0.320 e. The molecule has 5 heteroatoms. The molecule has 1 aliphatic heterocycles. The Hall–Kier alpha value is -2.01. The second-order valence-electron chi connectivity index (χ2n) is 5.11. The Morgan fingerprint density at radius 1 is 1.50 bits per heavy atom. The van der Waals surface area contributed by atoms with E-state index in [-0.39, 0.29) is 5.82 Å². The Morgan fingerprint density at radius 3 is 3.15 bits per heavy atom. The van der Waals surface area contributed by atoms with Crippen LogP contribution < -0.4 is 0 Å². The van der Waals surface area contributed by atoms with Gasteiger partial charge in [0.2, 0.25) is 0 Å². The third kappa shape index (κ3) is 2.36. The molecule has 4 nitrogen and oxygen atoms in total. The lowest BCUT2D eigenvalue weighted by atomic mass is 10.1.